The van der Waals surface area contributed by atoms with E-state index >= 15 is 0 Å². The summed E-state index contributed by atoms with van der Waals surface area (Å²) in [6, 6.07) is 7.77. The fourth-order valence-electron chi connectivity index (χ4n) is 2.29. The van der Waals surface area contributed by atoms with Gasteiger partial charge in [-0.25, -0.2) is 12.7 Å². The lowest BCUT2D eigenvalue weighted by atomic mass is 10.2. The second-order valence-electron chi connectivity index (χ2n) is 4.91. The number of hydrogen-bond acceptors (Lipinski definition) is 3. The van der Waals surface area contributed by atoms with Gasteiger partial charge >= 0.3 is 0 Å². The molecule has 0 radical (unpaired) electrons. The van der Waals surface area contributed by atoms with Crippen LogP contribution in [0.15, 0.2) is 24.3 Å². The van der Waals surface area contributed by atoms with Crippen molar-refractivity contribution < 1.29 is 8.42 Å². The van der Waals surface area contributed by atoms with Crippen molar-refractivity contribution in [2.24, 2.45) is 0 Å². The van der Waals surface area contributed by atoms with Crippen molar-refractivity contribution in [3.8, 4) is 0 Å². The maximum absolute atomic E-state index is 12.3. The quantitative estimate of drug-likeness (QED) is 0.918. The van der Waals surface area contributed by atoms with E-state index in [9.17, 15) is 8.42 Å². The third-order valence-electron chi connectivity index (χ3n) is 3.42. The molecule has 6 heteroatoms. The van der Waals surface area contributed by atoms with Gasteiger partial charge in [0.15, 0.2) is 0 Å². The number of sulfonamides is 1. The summed E-state index contributed by atoms with van der Waals surface area (Å²) in [7, 11) is -1.54. The molecule has 0 spiro atoms. The highest BCUT2D eigenvalue weighted by molar-refractivity contribution is 7.88. The van der Waals surface area contributed by atoms with E-state index in [1.54, 1.807) is 7.05 Å². The van der Waals surface area contributed by atoms with Gasteiger partial charge in [0, 0.05) is 19.6 Å². The molecule has 1 atom stereocenters. The van der Waals surface area contributed by atoms with Gasteiger partial charge in [-0.1, -0.05) is 29.8 Å². The molecule has 1 heterocycles. The summed E-state index contributed by atoms with van der Waals surface area (Å²) >= 11 is 0. The first-order valence-corrected chi connectivity index (χ1v) is 7.82. The van der Waals surface area contributed by atoms with Crippen molar-refractivity contribution in [2.45, 2.75) is 25.1 Å². The molecule has 2 rings (SSSR count). The summed E-state index contributed by atoms with van der Waals surface area (Å²) in [5.74, 6) is 0.0850. The third kappa shape index (κ3) is 4.18. The van der Waals surface area contributed by atoms with E-state index in [0.29, 0.717) is 0 Å². The Bertz CT molecular complexity index is 513. The summed E-state index contributed by atoms with van der Waals surface area (Å²) < 4.78 is 26.1. The molecule has 1 aromatic rings. The first-order valence-electron chi connectivity index (χ1n) is 6.21. The molecule has 1 N–H and O–H groups in total. The summed E-state index contributed by atoms with van der Waals surface area (Å²) in [5.41, 5.74) is 1.95. The van der Waals surface area contributed by atoms with Crippen molar-refractivity contribution in [1.29, 1.82) is 0 Å². The lowest BCUT2D eigenvalue weighted by Crippen LogP contribution is -2.39. The highest BCUT2D eigenvalue weighted by atomic mass is 35.5. The Morgan fingerprint density at radius 3 is 2.74 bits per heavy atom. The smallest absolute Gasteiger partial charge is 0.218 e. The van der Waals surface area contributed by atoms with E-state index in [2.05, 4.69) is 5.32 Å². The first-order chi connectivity index (χ1) is 8.49. The summed E-state index contributed by atoms with van der Waals surface area (Å²) in [6.07, 6.45) is 0.892. The van der Waals surface area contributed by atoms with Crippen LogP contribution in [-0.2, 0) is 15.8 Å². The molecule has 0 bridgehead atoms. The van der Waals surface area contributed by atoms with Gasteiger partial charge < -0.3 is 5.32 Å². The molecule has 1 aliphatic rings. The Labute approximate surface area is 121 Å². The Kier molecular flexibility index (Phi) is 5.80. The fourth-order valence-corrected chi connectivity index (χ4v) is 3.73. The molecular formula is C13H21ClN2O2S. The topological polar surface area (TPSA) is 49.4 Å². The van der Waals surface area contributed by atoms with Crippen LogP contribution in [0.5, 0.6) is 0 Å². The van der Waals surface area contributed by atoms with Gasteiger partial charge in [0.2, 0.25) is 10.0 Å². The maximum Gasteiger partial charge on any atom is 0.218 e. The minimum absolute atomic E-state index is 0. The predicted octanol–water partition coefficient (Wildman–Crippen LogP) is 1.54. The second kappa shape index (κ2) is 6.70. The minimum atomic E-state index is -3.22. The van der Waals surface area contributed by atoms with Gasteiger partial charge in [-0.15, -0.1) is 12.4 Å². The molecule has 0 aromatic heterocycles. The van der Waals surface area contributed by atoms with Gasteiger partial charge in [-0.05, 0) is 25.5 Å². The van der Waals surface area contributed by atoms with Crippen molar-refractivity contribution >= 4 is 22.4 Å². The Hall–Kier alpha value is -0.620. The molecule has 108 valence electrons. The van der Waals surface area contributed by atoms with Crippen molar-refractivity contribution in [2.75, 3.05) is 20.1 Å². The zero-order valence-corrected chi connectivity index (χ0v) is 12.9. The molecule has 1 fully saturated rings. The molecule has 0 amide bonds. The summed E-state index contributed by atoms with van der Waals surface area (Å²) in [4.78, 5) is 0. The highest BCUT2D eigenvalue weighted by Gasteiger charge is 2.28. The predicted molar refractivity (Wildman–Crippen MR) is 80.1 cm³/mol. The standard InChI is InChI=1S/C13H20N2O2S.ClH/c1-11-4-3-5-12(8-11)10-18(16,17)15(2)13-6-7-14-9-13;/h3-5,8,13-14H,6-7,9-10H2,1-2H3;1H. The lowest BCUT2D eigenvalue weighted by molar-refractivity contribution is 0.387. The molecular weight excluding hydrogens is 284 g/mol. The van der Waals surface area contributed by atoms with E-state index in [1.165, 1.54) is 4.31 Å². The lowest BCUT2D eigenvalue weighted by Gasteiger charge is -2.23. The number of halogens is 1. The zero-order chi connectivity index (χ0) is 13.2. The fraction of sp³-hybridized carbons (Fsp3) is 0.538. The molecule has 0 saturated carbocycles. The van der Waals surface area contributed by atoms with E-state index in [0.717, 1.165) is 30.6 Å². The third-order valence-corrected chi connectivity index (χ3v) is 5.29. The van der Waals surface area contributed by atoms with Crippen LogP contribution in [0.1, 0.15) is 17.5 Å². The number of nitrogens with one attached hydrogen (secondary N) is 1. The molecule has 1 saturated heterocycles. The van der Waals surface area contributed by atoms with Crippen molar-refractivity contribution in [3.05, 3.63) is 35.4 Å². The van der Waals surface area contributed by atoms with Gasteiger partial charge in [-0.2, -0.15) is 0 Å². The Balaban J connectivity index is 0.00000180. The summed E-state index contributed by atoms with van der Waals surface area (Å²) in [6.45, 7) is 3.62. The minimum Gasteiger partial charge on any atom is -0.315 e. The largest absolute Gasteiger partial charge is 0.315 e. The number of hydrogen-bond donors (Lipinski definition) is 1. The van der Waals surface area contributed by atoms with Crippen LogP contribution in [0.3, 0.4) is 0 Å². The first kappa shape index (κ1) is 16.4. The van der Waals surface area contributed by atoms with Crippen LogP contribution in [0.2, 0.25) is 0 Å². The molecule has 19 heavy (non-hydrogen) atoms. The van der Waals surface area contributed by atoms with Gasteiger partial charge in [-0.3, -0.25) is 0 Å². The monoisotopic (exact) mass is 304 g/mol. The summed E-state index contributed by atoms with van der Waals surface area (Å²) in [5, 5.41) is 3.19. The van der Waals surface area contributed by atoms with Crippen LogP contribution >= 0.6 is 12.4 Å². The molecule has 1 aliphatic heterocycles. The number of benzene rings is 1. The van der Waals surface area contributed by atoms with Crippen LogP contribution in [0.25, 0.3) is 0 Å². The van der Waals surface area contributed by atoms with Crippen LogP contribution in [0.4, 0.5) is 0 Å². The van der Waals surface area contributed by atoms with E-state index in [1.807, 2.05) is 31.2 Å². The van der Waals surface area contributed by atoms with Crippen LogP contribution in [0, 0.1) is 6.92 Å². The Morgan fingerprint density at radius 1 is 1.42 bits per heavy atom. The average molecular weight is 305 g/mol. The van der Waals surface area contributed by atoms with Gasteiger partial charge in [0.05, 0.1) is 5.75 Å². The van der Waals surface area contributed by atoms with Gasteiger partial charge in [0.1, 0.15) is 0 Å². The molecule has 0 aliphatic carbocycles. The maximum atomic E-state index is 12.3. The second-order valence-corrected chi connectivity index (χ2v) is 6.94. The zero-order valence-electron chi connectivity index (χ0n) is 11.3. The van der Waals surface area contributed by atoms with E-state index in [-0.39, 0.29) is 24.2 Å². The average Bonchev–Trinajstić information content (AvgIpc) is 2.80. The Morgan fingerprint density at radius 2 is 2.16 bits per heavy atom. The van der Waals surface area contributed by atoms with E-state index in [4.69, 9.17) is 0 Å². The van der Waals surface area contributed by atoms with Crippen molar-refractivity contribution in [1.82, 2.24) is 9.62 Å². The van der Waals surface area contributed by atoms with Gasteiger partial charge in [0.25, 0.3) is 0 Å². The number of likely N-dealkylation sites (N-methyl/N-ethyl adjacent to an activating group) is 1. The number of nitrogens with zero attached hydrogens (tertiary/aromatic N) is 1. The normalized spacial score (nSPS) is 19.4. The van der Waals surface area contributed by atoms with Crippen molar-refractivity contribution in [3.63, 3.8) is 0 Å². The number of rotatable bonds is 4. The molecule has 4 nitrogen and oxygen atoms in total. The highest BCUT2D eigenvalue weighted by Crippen LogP contribution is 2.16. The molecule has 1 unspecified atom stereocenters. The van der Waals surface area contributed by atoms with Crippen LogP contribution < -0.4 is 5.32 Å². The van der Waals surface area contributed by atoms with Crippen LogP contribution in [-0.4, -0.2) is 38.9 Å². The van der Waals surface area contributed by atoms with E-state index < -0.39 is 10.0 Å². The number of aryl methyl sites for hydroxylation is 1. The SMILES string of the molecule is Cc1cccc(CS(=O)(=O)N(C)C2CCNC2)c1.Cl. The molecule has 1 aromatic carbocycles.